The van der Waals surface area contributed by atoms with Crippen molar-refractivity contribution in [3.05, 3.63) is 72.9 Å². The summed E-state index contributed by atoms with van der Waals surface area (Å²) in [4.78, 5) is 36.2. The summed E-state index contributed by atoms with van der Waals surface area (Å²) in [5.74, 6) is -1.29. The van der Waals surface area contributed by atoms with E-state index >= 15 is 0 Å². The van der Waals surface area contributed by atoms with Crippen LogP contribution in [0.1, 0.15) is 181 Å². The van der Waals surface area contributed by atoms with Crippen molar-refractivity contribution in [1.82, 2.24) is 5.32 Å². The van der Waals surface area contributed by atoms with Gasteiger partial charge in [0, 0.05) is 12.8 Å². The molecule has 0 aliphatic heterocycles. The Bertz CT molecular complexity index is 1060. The van der Waals surface area contributed by atoms with E-state index < -0.39 is 12.0 Å². The van der Waals surface area contributed by atoms with Crippen LogP contribution in [-0.2, 0) is 19.1 Å². The second-order valence-corrected chi connectivity index (χ2v) is 14.0. The Morgan fingerprint density at radius 1 is 0.566 bits per heavy atom. The summed E-state index contributed by atoms with van der Waals surface area (Å²) >= 11 is 0. The number of amides is 1. The van der Waals surface area contributed by atoms with Gasteiger partial charge in [-0.3, -0.25) is 9.59 Å². The first-order valence-corrected chi connectivity index (χ1v) is 21.3. The van der Waals surface area contributed by atoms with E-state index in [1.54, 1.807) is 0 Å². The van der Waals surface area contributed by atoms with Crippen LogP contribution in [0.25, 0.3) is 0 Å². The average Bonchev–Trinajstić information content (AvgIpc) is 3.14. The van der Waals surface area contributed by atoms with Gasteiger partial charge in [0.05, 0.1) is 0 Å². The van der Waals surface area contributed by atoms with E-state index in [9.17, 15) is 19.5 Å². The number of carboxylic acids is 1. The van der Waals surface area contributed by atoms with Crippen LogP contribution in [0.4, 0.5) is 0 Å². The van der Waals surface area contributed by atoms with Crippen LogP contribution >= 0.6 is 0 Å². The van der Waals surface area contributed by atoms with Crippen LogP contribution in [0.3, 0.4) is 0 Å². The molecule has 53 heavy (non-hydrogen) atoms. The molecule has 0 rings (SSSR count). The molecule has 0 saturated heterocycles. The minimum Gasteiger partial charge on any atom is -0.480 e. The van der Waals surface area contributed by atoms with E-state index in [0.717, 1.165) is 109 Å². The lowest BCUT2D eigenvalue weighted by Crippen LogP contribution is -2.40. The summed E-state index contributed by atoms with van der Waals surface area (Å²) in [5.41, 5.74) is 5.47. The zero-order valence-corrected chi connectivity index (χ0v) is 33.8. The Morgan fingerprint density at radius 2 is 1.04 bits per heavy atom. The van der Waals surface area contributed by atoms with Gasteiger partial charge < -0.3 is 20.9 Å². The fourth-order valence-corrected chi connectivity index (χ4v) is 5.86. The van der Waals surface area contributed by atoms with Crippen molar-refractivity contribution >= 4 is 17.8 Å². The summed E-state index contributed by atoms with van der Waals surface area (Å²) < 4.78 is 5.98. The van der Waals surface area contributed by atoms with Crippen molar-refractivity contribution < 1.29 is 24.2 Å². The lowest BCUT2D eigenvalue weighted by Gasteiger charge is -2.18. The first-order valence-electron chi connectivity index (χ1n) is 21.3. The Balaban J connectivity index is 4.21. The van der Waals surface area contributed by atoms with E-state index in [-0.39, 0.29) is 18.0 Å². The summed E-state index contributed by atoms with van der Waals surface area (Å²) in [5, 5.41) is 11.9. The second-order valence-electron chi connectivity index (χ2n) is 14.0. The minimum absolute atomic E-state index is 0.00992. The molecular formula is C46H78N2O5. The predicted molar refractivity (Wildman–Crippen MR) is 225 cm³/mol. The topological polar surface area (TPSA) is 119 Å². The molecule has 302 valence electrons. The number of nitrogens with two attached hydrogens (primary N) is 1. The third kappa shape index (κ3) is 36.9. The molecule has 2 atom stereocenters. The molecule has 1 amide bonds. The van der Waals surface area contributed by atoms with Crippen molar-refractivity contribution in [3.63, 3.8) is 0 Å². The van der Waals surface area contributed by atoms with Gasteiger partial charge in [-0.25, -0.2) is 4.79 Å². The molecule has 0 spiro atoms. The third-order valence-corrected chi connectivity index (χ3v) is 9.04. The molecule has 0 aliphatic rings. The molecule has 0 fully saturated rings. The van der Waals surface area contributed by atoms with Crippen LogP contribution in [0.2, 0.25) is 0 Å². The van der Waals surface area contributed by atoms with Gasteiger partial charge in [-0.2, -0.15) is 0 Å². The number of unbranched alkanes of at least 4 members (excludes halogenated alkanes) is 11. The summed E-state index contributed by atoms with van der Waals surface area (Å²) in [7, 11) is 0. The molecule has 0 radical (unpaired) electrons. The van der Waals surface area contributed by atoms with Crippen LogP contribution in [0, 0.1) is 0 Å². The molecule has 0 aromatic carbocycles. The van der Waals surface area contributed by atoms with Gasteiger partial charge in [0.2, 0.25) is 5.91 Å². The maximum absolute atomic E-state index is 12.7. The maximum atomic E-state index is 12.7. The van der Waals surface area contributed by atoms with E-state index in [2.05, 4.69) is 92.1 Å². The van der Waals surface area contributed by atoms with Crippen LogP contribution in [0.5, 0.6) is 0 Å². The lowest BCUT2D eigenvalue weighted by molar-refractivity contribution is -0.150. The van der Waals surface area contributed by atoms with Crippen LogP contribution in [0.15, 0.2) is 72.9 Å². The van der Waals surface area contributed by atoms with E-state index in [1.807, 2.05) is 0 Å². The third-order valence-electron chi connectivity index (χ3n) is 9.04. The lowest BCUT2D eigenvalue weighted by atomic mass is 10.0. The van der Waals surface area contributed by atoms with Crippen molar-refractivity contribution in [1.29, 1.82) is 0 Å². The number of aliphatic carboxylic acids is 1. The van der Waals surface area contributed by atoms with E-state index in [4.69, 9.17) is 10.5 Å². The number of carbonyl (C=O) groups is 3. The van der Waals surface area contributed by atoms with Crippen LogP contribution < -0.4 is 11.1 Å². The number of esters is 1. The second kappa shape index (κ2) is 40.0. The molecule has 0 saturated carbocycles. The SMILES string of the molecule is CC/C=C\C/C=C\C/C=C\C/C=C\C/C=C\C/C=C\CCCCC(=O)OC(CCCCCCCC)CCCCCCCC(=O)NC(CCCN)C(=O)O. The highest BCUT2D eigenvalue weighted by Gasteiger charge is 2.19. The van der Waals surface area contributed by atoms with Crippen molar-refractivity contribution in [2.45, 2.75) is 193 Å². The quantitative estimate of drug-likeness (QED) is 0.0332. The number of rotatable bonds is 37. The van der Waals surface area contributed by atoms with E-state index in [0.29, 0.717) is 32.2 Å². The maximum Gasteiger partial charge on any atom is 0.326 e. The van der Waals surface area contributed by atoms with Crippen molar-refractivity contribution in [2.24, 2.45) is 5.73 Å². The largest absolute Gasteiger partial charge is 0.480 e. The van der Waals surface area contributed by atoms with E-state index in [1.165, 1.54) is 32.1 Å². The molecule has 7 nitrogen and oxygen atoms in total. The molecule has 4 N–H and O–H groups in total. The smallest absolute Gasteiger partial charge is 0.326 e. The normalized spacial score (nSPS) is 13.4. The number of carbonyl (C=O) groups excluding carboxylic acids is 2. The molecule has 7 heteroatoms. The molecule has 0 bridgehead atoms. The molecule has 0 aliphatic carbocycles. The van der Waals surface area contributed by atoms with Gasteiger partial charge in [0.15, 0.2) is 0 Å². The predicted octanol–water partition coefficient (Wildman–Crippen LogP) is 11.9. The number of carboxylic acid groups (broad SMARTS) is 1. The summed E-state index contributed by atoms with van der Waals surface area (Å²) in [6.07, 6.45) is 51.0. The van der Waals surface area contributed by atoms with Gasteiger partial charge in [-0.1, -0.05) is 138 Å². The fraction of sp³-hybridized carbons (Fsp3) is 0.674. The average molecular weight is 739 g/mol. The summed E-state index contributed by atoms with van der Waals surface area (Å²) in [6.45, 7) is 4.79. The highest BCUT2D eigenvalue weighted by Crippen LogP contribution is 2.18. The van der Waals surface area contributed by atoms with Crippen LogP contribution in [-0.4, -0.2) is 41.6 Å². The Labute approximate surface area is 324 Å². The van der Waals surface area contributed by atoms with Gasteiger partial charge in [-0.05, 0) is 109 Å². The standard InChI is InChI=1S/C46H78N2O5/c1-3-5-7-9-11-12-13-14-15-16-17-18-19-20-21-22-23-24-25-30-34-40-45(50)53-42(36-31-27-10-8-6-4-2)37-32-28-26-29-33-39-44(49)48-43(46(51)52)38-35-41-47/h5,7,11-12,14-15,17-18,20-21,23-24,42-43H,3-4,6,8-10,13,16,19,22,25-41,47H2,1-2H3,(H,48,49)(H,51,52)/b7-5-,12-11-,15-14-,18-17-,21-20-,24-23-. The van der Waals surface area contributed by atoms with Gasteiger partial charge >= 0.3 is 11.9 Å². The number of hydrogen-bond donors (Lipinski definition) is 3. The van der Waals surface area contributed by atoms with Gasteiger partial charge in [0.25, 0.3) is 0 Å². The minimum atomic E-state index is -1.01. The number of ether oxygens (including phenoxy) is 1. The number of allylic oxidation sites excluding steroid dienone is 12. The highest BCUT2D eigenvalue weighted by atomic mass is 16.5. The molecule has 2 unspecified atom stereocenters. The zero-order chi connectivity index (χ0) is 38.9. The zero-order valence-electron chi connectivity index (χ0n) is 33.8. The molecule has 0 aromatic rings. The van der Waals surface area contributed by atoms with Crippen molar-refractivity contribution in [2.75, 3.05) is 6.54 Å². The Morgan fingerprint density at radius 3 is 1.55 bits per heavy atom. The first-order chi connectivity index (χ1) is 25.9. The molecular weight excluding hydrogens is 661 g/mol. The first kappa shape index (κ1) is 49.8. The van der Waals surface area contributed by atoms with Gasteiger partial charge in [0.1, 0.15) is 12.1 Å². The molecule has 0 aromatic heterocycles. The number of nitrogens with one attached hydrogen (secondary N) is 1. The Hall–Kier alpha value is -3.19. The van der Waals surface area contributed by atoms with Crippen molar-refractivity contribution in [3.8, 4) is 0 Å². The molecule has 0 heterocycles. The fourth-order valence-electron chi connectivity index (χ4n) is 5.86. The summed E-state index contributed by atoms with van der Waals surface area (Å²) in [6, 6.07) is -0.861. The monoisotopic (exact) mass is 739 g/mol. The highest BCUT2D eigenvalue weighted by molar-refractivity contribution is 5.83. The number of hydrogen-bond acceptors (Lipinski definition) is 5. The Kier molecular flexibility index (Phi) is 37.6. The van der Waals surface area contributed by atoms with Gasteiger partial charge in [-0.15, -0.1) is 0 Å².